The van der Waals surface area contributed by atoms with E-state index in [9.17, 15) is 19.2 Å². The van der Waals surface area contributed by atoms with Gasteiger partial charge in [-0.3, -0.25) is 19.2 Å². The topological polar surface area (TPSA) is 92.3 Å². The van der Waals surface area contributed by atoms with Gasteiger partial charge in [-0.25, -0.2) is 0 Å². The Morgan fingerprint density at radius 1 is 0.533 bits per heavy atom. The Morgan fingerprint density at radius 2 is 0.933 bits per heavy atom. The van der Waals surface area contributed by atoms with E-state index in [0.29, 0.717) is 22.5 Å². The molecule has 0 aliphatic rings. The number of carbonyl (C=O) groups excluding carboxylic acids is 4. The Kier molecular flexibility index (Phi) is 6.84. The molecular formula is C24H20N2O4. The molecule has 0 atom stereocenters. The molecule has 150 valence electrons. The van der Waals surface area contributed by atoms with Crippen LogP contribution in [0, 0.1) is 0 Å². The van der Waals surface area contributed by atoms with Gasteiger partial charge in [-0.1, -0.05) is 66.7 Å². The zero-order valence-corrected chi connectivity index (χ0v) is 16.1. The van der Waals surface area contributed by atoms with Crippen LogP contribution in [0.2, 0.25) is 0 Å². The van der Waals surface area contributed by atoms with Gasteiger partial charge in [0.1, 0.15) is 0 Å². The van der Waals surface area contributed by atoms with E-state index in [2.05, 4.69) is 10.6 Å². The van der Waals surface area contributed by atoms with Crippen molar-refractivity contribution in [3.63, 3.8) is 0 Å². The molecule has 0 spiro atoms. The average molecular weight is 400 g/mol. The highest BCUT2D eigenvalue weighted by Crippen LogP contribution is 2.16. The lowest BCUT2D eigenvalue weighted by Crippen LogP contribution is -2.18. The monoisotopic (exact) mass is 400 g/mol. The molecule has 0 aromatic heterocycles. The van der Waals surface area contributed by atoms with Crippen LogP contribution in [-0.4, -0.2) is 23.4 Å². The third-order valence-electron chi connectivity index (χ3n) is 4.26. The number of benzene rings is 3. The number of ketones is 2. The van der Waals surface area contributed by atoms with Crippen LogP contribution >= 0.6 is 0 Å². The SMILES string of the molecule is O=C(CC(=O)c1ccccc1)Nc1cccc(NC(=O)CC(=O)c2ccccc2)c1. The smallest absolute Gasteiger partial charge is 0.232 e. The van der Waals surface area contributed by atoms with Crippen LogP contribution in [0.1, 0.15) is 33.6 Å². The third-order valence-corrected chi connectivity index (χ3v) is 4.26. The number of amides is 2. The highest BCUT2D eigenvalue weighted by Gasteiger charge is 2.14. The van der Waals surface area contributed by atoms with Crippen molar-refractivity contribution in [3.05, 3.63) is 96.1 Å². The first kappa shape index (κ1) is 20.7. The molecule has 6 nitrogen and oxygen atoms in total. The number of anilines is 2. The van der Waals surface area contributed by atoms with Gasteiger partial charge in [0.05, 0.1) is 12.8 Å². The van der Waals surface area contributed by atoms with E-state index in [4.69, 9.17) is 0 Å². The largest absolute Gasteiger partial charge is 0.326 e. The Balaban J connectivity index is 1.55. The number of carbonyl (C=O) groups is 4. The fourth-order valence-corrected chi connectivity index (χ4v) is 2.83. The van der Waals surface area contributed by atoms with Gasteiger partial charge in [0, 0.05) is 22.5 Å². The summed E-state index contributed by atoms with van der Waals surface area (Å²) in [6.07, 6.45) is -0.571. The highest BCUT2D eigenvalue weighted by molar-refractivity contribution is 6.12. The second-order valence-electron chi connectivity index (χ2n) is 6.61. The summed E-state index contributed by atoms with van der Waals surface area (Å²) in [4.78, 5) is 48.6. The standard InChI is InChI=1S/C24H20N2O4/c27-21(17-8-3-1-4-9-17)15-23(29)25-19-12-7-13-20(14-19)26-24(30)16-22(28)18-10-5-2-6-11-18/h1-14H,15-16H2,(H,25,29)(H,26,30). The fourth-order valence-electron chi connectivity index (χ4n) is 2.83. The van der Waals surface area contributed by atoms with E-state index in [1.165, 1.54) is 0 Å². The molecule has 0 fully saturated rings. The quantitative estimate of drug-likeness (QED) is 0.440. The number of nitrogens with one attached hydrogen (secondary N) is 2. The minimum Gasteiger partial charge on any atom is -0.326 e. The molecule has 2 amide bonds. The molecule has 0 radical (unpaired) electrons. The zero-order chi connectivity index (χ0) is 21.3. The molecule has 3 aromatic rings. The van der Waals surface area contributed by atoms with Gasteiger partial charge in [-0.2, -0.15) is 0 Å². The van der Waals surface area contributed by atoms with Gasteiger partial charge in [-0.05, 0) is 18.2 Å². The van der Waals surface area contributed by atoms with Gasteiger partial charge in [-0.15, -0.1) is 0 Å². The molecule has 2 N–H and O–H groups in total. The molecule has 0 saturated carbocycles. The lowest BCUT2D eigenvalue weighted by Gasteiger charge is -2.09. The van der Waals surface area contributed by atoms with Crippen LogP contribution in [0.5, 0.6) is 0 Å². The van der Waals surface area contributed by atoms with E-state index in [0.717, 1.165) is 0 Å². The van der Waals surface area contributed by atoms with Gasteiger partial charge >= 0.3 is 0 Å². The van der Waals surface area contributed by atoms with Crippen molar-refractivity contribution >= 4 is 34.8 Å². The Hall–Kier alpha value is -4.06. The summed E-state index contributed by atoms with van der Waals surface area (Å²) in [5.41, 5.74) is 1.81. The molecule has 0 aliphatic heterocycles. The highest BCUT2D eigenvalue weighted by atomic mass is 16.2. The molecule has 3 aromatic carbocycles. The van der Waals surface area contributed by atoms with Crippen molar-refractivity contribution in [1.82, 2.24) is 0 Å². The molecule has 0 saturated heterocycles. The first-order valence-electron chi connectivity index (χ1n) is 9.37. The second kappa shape index (κ2) is 9.93. The second-order valence-corrected chi connectivity index (χ2v) is 6.61. The molecule has 30 heavy (non-hydrogen) atoms. The number of hydrogen-bond acceptors (Lipinski definition) is 4. The minimum atomic E-state index is -0.452. The number of Topliss-reactive ketones (excluding diaryl/α,β-unsaturated/α-hetero) is 2. The molecule has 0 aliphatic carbocycles. The van der Waals surface area contributed by atoms with Crippen molar-refractivity contribution in [1.29, 1.82) is 0 Å². The fraction of sp³-hybridized carbons (Fsp3) is 0.0833. The summed E-state index contributed by atoms with van der Waals surface area (Å²) in [6, 6.07) is 23.7. The van der Waals surface area contributed by atoms with Crippen molar-refractivity contribution in [2.75, 3.05) is 10.6 Å². The van der Waals surface area contributed by atoms with E-state index in [1.807, 2.05) is 0 Å². The van der Waals surface area contributed by atoms with Crippen molar-refractivity contribution in [2.24, 2.45) is 0 Å². The van der Waals surface area contributed by atoms with Gasteiger partial charge in [0.2, 0.25) is 11.8 Å². The summed E-state index contributed by atoms with van der Waals surface area (Å²) in [6.45, 7) is 0. The molecule has 3 rings (SSSR count). The molecule has 0 heterocycles. The maximum Gasteiger partial charge on any atom is 0.232 e. The van der Waals surface area contributed by atoms with Gasteiger partial charge in [0.15, 0.2) is 11.6 Å². The lowest BCUT2D eigenvalue weighted by atomic mass is 10.1. The molecule has 0 unspecified atom stereocenters. The average Bonchev–Trinajstić information content (AvgIpc) is 2.75. The summed E-state index contributed by atoms with van der Waals surface area (Å²) in [7, 11) is 0. The maximum absolute atomic E-state index is 12.2. The van der Waals surface area contributed by atoms with Gasteiger partial charge in [0.25, 0.3) is 0 Å². The molecule has 6 heteroatoms. The zero-order valence-electron chi connectivity index (χ0n) is 16.1. The van der Waals surface area contributed by atoms with Crippen LogP contribution in [0.15, 0.2) is 84.9 Å². The van der Waals surface area contributed by atoms with Crippen LogP contribution in [0.4, 0.5) is 11.4 Å². The van der Waals surface area contributed by atoms with E-state index in [-0.39, 0.29) is 24.4 Å². The van der Waals surface area contributed by atoms with Crippen molar-refractivity contribution < 1.29 is 19.2 Å². The third kappa shape index (κ3) is 5.97. The lowest BCUT2D eigenvalue weighted by molar-refractivity contribution is -0.116. The summed E-state index contributed by atoms with van der Waals surface area (Å²) in [5.74, 6) is -1.47. The van der Waals surface area contributed by atoms with Crippen LogP contribution < -0.4 is 10.6 Å². The van der Waals surface area contributed by atoms with E-state index >= 15 is 0 Å². The first-order valence-corrected chi connectivity index (χ1v) is 9.37. The van der Waals surface area contributed by atoms with Crippen molar-refractivity contribution in [2.45, 2.75) is 12.8 Å². The predicted molar refractivity (Wildman–Crippen MR) is 114 cm³/mol. The molecule has 0 bridgehead atoms. The predicted octanol–water partition coefficient (Wildman–Crippen LogP) is 4.11. The molecular weight excluding hydrogens is 380 g/mol. The Labute approximate surface area is 173 Å². The maximum atomic E-state index is 12.2. The number of hydrogen-bond donors (Lipinski definition) is 2. The van der Waals surface area contributed by atoms with Crippen molar-refractivity contribution in [3.8, 4) is 0 Å². The van der Waals surface area contributed by atoms with Crippen LogP contribution in [-0.2, 0) is 9.59 Å². The normalized spacial score (nSPS) is 10.1. The summed E-state index contributed by atoms with van der Waals surface area (Å²) in [5, 5.41) is 5.29. The summed E-state index contributed by atoms with van der Waals surface area (Å²) >= 11 is 0. The van der Waals surface area contributed by atoms with Crippen LogP contribution in [0.3, 0.4) is 0 Å². The first-order chi connectivity index (χ1) is 14.5. The van der Waals surface area contributed by atoms with Gasteiger partial charge < -0.3 is 10.6 Å². The van der Waals surface area contributed by atoms with Crippen LogP contribution in [0.25, 0.3) is 0 Å². The number of rotatable bonds is 8. The Morgan fingerprint density at radius 3 is 1.33 bits per heavy atom. The Bertz CT molecular complexity index is 980. The van der Waals surface area contributed by atoms with E-state index in [1.54, 1.807) is 84.9 Å². The summed E-state index contributed by atoms with van der Waals surface area (Å²) < 4.78 is 0. The minimum absolute atomic E-state index is 0.281. The van der Waals surface area contributed by atoms with E-state index < -0.39 is 11.8 Å².